The minimum absolute atomic E-state index is 0.456. The Kier molecular flexibility index (Phi) is 4.99. The molecule has 22 heavy (non-hydrogen) atoms. The van der Waals surface area contributed by atoms with Gasteiger partial charge in [0.15, 0.2) is 0 Å². The van der Waals surface area contributed by atoms with Crippen molar-refractivity contribution >= 4 is 28.9 Å². The molecule has 1 unspecified atom stereocenters. The quantitative estimate of drug-likeness (QED) is 0.394. The molecule has 0 amide bonds. The Bertz CT molecular complexity index is 728. The van der Waals surface area contributed by atoms with Crippen molar-refractivity contribution in [3.8, 4) is 11.3 Å². The van der Waals surface area contributed by atoms with Gasteiger partial charge in [0.1, 0.15) is 24.3 Å². The van der Waals surface area contributed by atoms with Crippen LogP contribution < -0.4 is 0 Å². The lowest BCUT2D eigenvalue weighted by Crippen LogP contribution is -2.07. The molecule has 5 nitrogen and oxygen atoms in total. The third-order valence-electron chi connectivity index (χ3n) is 3.03. The lowest BCUT2D eigenvalue weighted by molar-refractivity contribution is 0.401. The highest BCUT2D eigenvalue weighted by Gasteiger charge is 2.10. The van der Waals surface area contributed by atoms with Crippen LogP contribution in [-0.4, -0.2) is 37.5 Å². The van der Waals surface area contributed by atoms with Gasteiger partial charge in [0.25, 0.3) is 0 Å². The predicted octanol–water partition coefficient (Wildman–Crippen LogP) is 2.80. The number of hydrogen-bond acceptors (Lipinski definition) is 5. The minimum atomic E-state index is -0.836. The molecule has 3 rings (SSSR count). The highest BCUT2D eigenvalue weighted by Crippen LogP contribution is 2.31. The summed E-state index contributed by atoms with van der Waals surface area (Å²) in [4.78, 5) is 9.68. The van der Waals surface area contributed by atoms with Crippen molar-refractivity contribution in [1.29, 1.82) is 0 Å². The Morgan fingerprint density at radius 3 is 3.00 bits per heavy atom. The van der Waals surface area contributed by atoms with Crippen LogP contribution in [0, 0.1) is 0 Å². The van der Waals surface area contributed by atoms with E-state index in [0.717, 1.165) is 21.8 Å². The molecule has 3 aromatic rings. The molecule has 1 aromatic carbocycles. The minimum Gasteiger partial charge on any atom is -0.616 e. The summed E-state index contributed by atoms with van der Waals surface area (Å²) in [6.07, 6.45) is 7.07. The van der Waals surface area contributed by atoms with Gasteiger partial charge in [0.05, 0.1) is 11.9 Å². The maximum absolute atomic E-state index is 11.0. The smallest absolute Gasteiger partial charge is 0.140 e. The van der Waals surface area contributed by atoms with Crippen molar-refractivity contribution in [3.05, 3.63) is 49.1 Å². The summed E-state index contributed by atoms with van der Waals surface area (Å²) in [7, 11) is 0. The molecule has 7 heteroatoms. The van der Waals surface area contributed by atoms with E-state index in [9.17, 15) is 4.55 Å². The van der Waals surface area contributed by atoms with E-state index in [2.05, 4.69) is 9.97 Å². The van der Waals surface area contributed by atoms with Crippen LogP contribution in [-0.2, 0) is 15.4 Å². The van der Waals surface area contributed by atoms with Crippen LogP contribution >= 0.6 is 12.0 Å². The molecule has 0 saturated heterocycles. The Labute approximate surface area is 136 Å². The molecular formula is C15H15N3O2S2. The fourth-order valence-electron chi connectivity index (χ4n) is 1.98. The van der Waals surface area contributed by atoms with Crippen molar-refractivity contribution in [2.24, 2.45) is 0 Å². The first kappa shape index (κ1) is 15.4. The molecule has 0 N–H and O–H groups in total. The second-order valence-electron chi connectivity index (χ2n) is 4.65. The number of hydrogen-bond donors (Lipinski definition) is 0. The maximum atomic E-state index is 11.0. The first-order valence-corrected chi connectivity index (χ1v) is 9.18. The number of imidazole rings is 1. The molecule has 2 heterocycles. The van der Waals surface area contributed by atoms with Gasteiger partial charge in [0.2, 0.25) is 0 Å². The molecule has 0 aliphatic heterocycles. The van der Waals surface area contributed by atoms with Crippen LogP contribution in [0.4, 0.5) is 0 Å². The van der Waals surface area contributed by atoms with Crippen LogP contribution in [0.3, 0.4) is 0 Å². The molecule has 114 valence electrons. The zero-order valence-corrected chi connectivity index (χ0v) is 13.6. The fourth-order valence-corrected chi connectivity index (χ4v) is 3.09. The summed E-state index contributed by atoms with van der Waals surface area (Å²) in [5.41, 5.74) is 2.74. The highest BCUT2D eigenvalue weighted by atomic mass is 32.2. The number of rotatable bonds is 6. The molecule has 0 bridgehead atoms. The summed E-state index contributed by atoms with van der Waals surface area (Å²) in [6.45, 7) is 0.456. The Morgan fingerprint density at radius 2 is 2.18 bits per heavy atom. The third kappa shape index (κ3) is 3.61. The first-order chi connectivity index (χ1) is 10.7. The first-order valence-electron chi connectivity index (χ1n) is 6.71. The van der Waals surface area contributed by atoms with E-state index < -0.39 is 11.2 Å². The molecule has 0 radical (unpaired) electrons. The van der Waals surface area contributed by atoms with Gasteiger partial charge in [-0.2, -0.15) is 0 Å². The van der Waals surface area contributed by atoms with Crippen LogP contribution in [0.15, 0.2) is 53.9 Å². The van der Waals surface area contributed by atoms with E-state index >= 15 is 0 Å². The molecular weight excluding hydrogens is 318 g/mol. The van der Waals surface area contributed by atoms with E-state index in [4.69, 9.17) is 4.18 Å². The van der Waals surface area contributed by atoms with Crippen molar-refractivity contribution in [3.63, 3.8) is 0 Å². The van der Waals surface area contributed by atoms with Gasteiger partial charge in [0, 0.05) is 34.9 Å². The Hall–Kier alpha value is -1.54. The second kappa shape index (κ2) is 7.15. The van der Waals surface area contributed by atoms with Crippen molar-refractivity contribution in [2.45, 2.75) is 4.90 Å². The van der Waals surface area contributed by atoms with Gasteiger partial charge in [-0.25, -0.2) is 9.97 Å². The van der Waals surface area contributed by atoms with Crippen molar-refractivity contribution in [2.75, 3.05) is 18.6 Å². The summed E-state index contributed by atoms with van der Waals surface area (Å²) >= 11 is 0.458. The number of aromatic nitrogens is 3. The van der Waals surface area contributed by atoms with E-state index in [0.29, 0.717) is 12.4 Å². The molecule has 0 saturated carbocycles. The zero-order valence-electron chi connectivity index (χ0n) is 12.0. The topological polar surface area (TPSA) is 62.5 Å². The lowest BCUT2D eigenvalue weighted by atomic mass is 10.2. The number of benzene rings is 1. The lowest BCUT2D eigenvalue weighted by Gasteiger charge is -2.07. The summed E-state index contributed by atoms with van der Waals surface area (Å²) < 4.78 is 18.5. The van der Waals surface area contributed by atoms with Crippen molar-refractivity contribution < 1.29 is 8.74 Å². The third-order valence-corrected chi connectivity index (χ3v) is 4.59. The molecule has 1 atom stereocenters. The Morgan fingerprint density at radius 1 is 1.32 bits per heavy atom. The maximum Gasteiger partial charge on any atom is 0.140 e. The van der Waals surface area contributed by atoms with Gasteiger partial charge >= 0.3 is 0 Å². The molecule has 0 aliphatic carbocycles. The van der Waals surface area contributed by atoms with E-state index in [-0.39, 0.29) is 0 Å². The van der Waals surface area contributed by atoms with E-state index in [1.54, 1.807) is 18.8 Å². The number of nitrogens with zero attached hydrogens (tertiary/aromatic N) is 3. The second-order valence-corrected chi connectivity index (χ2v) is 7.05. The average Bonchev–Trinajstić information content (AvgIpc) is 2.95. The van der Waals surface area contributed by atoms with Crippen LogP contribution in [0.5, 0.6) is 0 Å². The monoisotopic (exact) mass is 333 g/mol. The van der Waals surface area contributed by atoms with E-state index in [1.165, 1.54) is 12.0 Å². The largest absolute Gasteiger partial charge is 0.616 e. The SMILES string of the molecule is C[S+]([O-])CCOSc1ccccc1-c1cn2cnccc2n1. The zero-order chi connectivity index (χ0) is 15.4. The fraction of sp³-hybridized carbons (Fsp3) is 0.200. The number of fused-ring (bicyclic) bond motifs is 1. The van der Waals surface area contributed by atoms with E-state index in [1.807, 2.05) is 40.9 Å². The standard InChI is InChI=1S/C15H15N3O2S2/c1-22(19)9-8-20-21-14-5-3-2-4-12(14)13-10-18-11-16-7-6-15(18)17-13/h2-7,10-11H,8-9H2,1H3. The normalized spacial score (nSPS) is 12.6. The molecule has 0 fully saturated rings. The summed E-state index contributed by atoms with van der Waals surface area (Å²) in [5.74, 6) is 0.537. The predicted molar refractivity (Wildman–Crippen MR) is 89.2 cm³/mol. The van der Waals surface area contributed by atoms with Gasteiger partial charge in [-0.1, -0.05) is 29.4 Å². The van der Waals surface area contributed by atoms with Crippen LogP contribution in [0.25, 0.3) is 16.9 Å². The highest BCUT2D eigenvalue weighted by molar-refractivity contribution is 7.95. The summed E-state index contributed by atoms with van der Waals surface area (Å²) in [6, 6.07) is 9.81. The van der Waals surface area contributed by atoms with Crippen LogP contribution in [0.2, 0.25) is 0 Å². The average molecular weight is 333 g/mol. The molecule has 2 aromatic heterocycles. The van der Waals surface area contributed by atoms with Gasteiger partial charge < -0.3 is 8.74 Å². The van der Waals surface area contributed by atoms with Gasteiger partial charge in [-0.15, -0.1) is 0 Å². The van der Waals surface area contributed by atoms with Gasteiger partial charge in [-0.05, 0) is 12.1 Å². The van der Waals surface area contributed by atoms with Crippen molar-refractivity contribution in [1.82, 2.24) is 14.4 Å². The summed E-state index contributed by atoms with van der Waals surface area (Å²) in [5, 5.41) is 0. The molecule has 0 aliphatic rings. The van der Waals surface area contributed by atoms with Gasteiger partial charge in [-0.3, -0.25) is 4.40 Å². The Balaban J connectivity index is 1.81. The molecule has 0 spiro atoms. The van der Waals surface area contributed by atoms with Crippen LogP contribution in [0.1, 0.15) is 0 Å².